The molecule has 0 nitrogen and oxygen atoms in total. The van der Waals surface area contributed by atoms with Gasteiger partial charge in [-0.25, -0.2) is 0 Å². The maximum absolute atomic E-state index is 3.53. The summed E-state index contributed by atoms with van der Waals surface area (Å²) < 4.78 is 1.14. The first-order valence-corrected chi connectivity index (χ1v) is 5.79. The summed E-state index contributed by atoms with van der Waals surface area (Å²) in [7, 11) is 0. The molecule has 0 unspecified atom stereocenters. The van der Waals surface area contributed by atoms with Gasteiger partial charge < -0.3 is 0 Å². The molecule has 0 aliphatic carbocycles. The number of benzene rings is 2. The number of hydrogen-bond donors (Lipinski definition) is 0. The second-order valence-corrected chi connectivity index (χ2v) is 4.75. The Morgan fingerprint density at radius 3 is 2.33 bits per heavy atom. The highest BCUT2D eigenvalue weighted by Crippen LogP contribution is 2.27. The Kier molecular flexibility index (Phi) is 2.92. The summed E-state index contributed by atoms with van der Waals surface area (Å²) in [4.78, 5) is 0. The molecule has 2 aromatic rings. The van der Waals surface area contributed by atoms with Gasteiger partial charge in [-0.3, -0.25) is 0 Å². The van der Waals surface area contributed by atoms with Crippen LogP contribution in [-0.4, -0.2) is 0 Å². The van der Waals surface area contributed by atoms with Gasteiger partial charge >= 0.3 is 0 Å². The molecule has 0 amide bonds. The topological polar surface area (TPSA) is 0 Å². The van der Waals surface area contributed by atoms with Crippen LogP contribution in [0.4, 0.5) is 0 Å². The van der Waals surface area contributed by atoms with Crippen LogP contribution in [0.25, 0.3) is 11.1 Å². The lowest BCUT2D eigenvalue weighted by molar-refractivity contribution is 1.41. The third-order valence-electron chi connectivity index (χ3n) is 2.50. The van der Waals surface area contributed by atoms with Crippen LogP contribution in [0.2, 0.25) is 0 Å². The summed E-state index contributed by atoms with van der Waals surface area (Å²) >= 11 is 3.53. The monoisotopic (exact) mass is 260 g/mol. The largest absolute Gasteiger partial charge is 0.0620 e. The van der Waals surface area contributed by atoms with Crippen LogP contribution >= 0.6 is 15.9 Å². The summed E-state index contributed by atoms with van der Waals surface area (Å²) in [6.07, 6.45) is 0. The Labute approximate surface area is 99.1 Å². The Morgan fingerprint density at radius 1 is 0.933 bits per heavy atom. The van der Waals surface area contributed by atoms with E-state index in [2.05, 4.69) is 72.2 Å². The van der Waals surface area contributed by atoms with Gasteiger partial charge in [-0.1, -0.05) is 46.3 Å². The van der Waals surface area contributed by atoms with Crippen LogP contribution < -0.4 is 0 Å². The minimum Gasteiger partial charge on any atom is -0.0620 e. The molecule has 0 radical (unpaired) electrons. The molecule has 0 fully saturated rings. The van der Waals surface area contributed by atoms with Gasteiger partial charge in [0.1, 0.15) is 0 Å². The molecule has 15 heavy (non-hydrogen) atoms. The summed E-state index contributed by atoms with van der Waals surface area (Å²) in [5.74, 6) is 0. The third kappa shape index (κ3) is 2.29. The van der Waals surface area contributed by atoms with Gasteiger partial charge in [-0.2, -0.15) is 0 Å². The predicted octanol–water partition coefficient (Wildman–Crippen LogP) is 4.73. The molecule has 0 heterocycles. The standard InChI is InChI=1S/C14H13Br/c1-10-7-12(9-13(15)8-10)14-6-4-3-5-11(14)2/h3-9H,1-2H3. The second-order valence-electron chi connectivity index (χ2n) is 3.83. The molecule has 0 spiro atoms. The molecule has 0 saturated carbocycles. The molecule has 0 aliphatic rings. The highest BCUT2D eigenvalue weighted by molar-refractivity contribution is 9.10. The smallest absolute Gasteiger partial charge is 0.0184 e. The van der Waals surface area contributed by atoms with Crippen molar-refractivity contribution in [3.8, 4) is 11.1 Å². The van der Waals surface area contributed by atoms with E-state index >= 15 is 0 Å². The Morgan fingerprint density at radius 2 is 1.67 bits per heavy atom. The van der Waals surface area contributed by atoms with E-state index in [1.165, 1.54) is 22.3 Å². The van der Waals surface area contributed by atoms with Crippen molar-refractivity contribution in [3.63, 3.8) is 0 Å². The first-order chi connectivity index (χ1) is 7.16. The zero-order valence-electron chi connectivity index (χ0n) is 8.92. The predicted molar refractivity (Wildman–Crippen MR) is 69.1 cm³/mol. The van der Waals surface area contributed by atoms with Crippen molar-refractivity contribution >= 4 is 15.9 Å². The number of hydrogen-bond acceptors (Lipinski definition) is 0. The maximum atomic E-state index is 3.53. The van der Waals surface area contributed by atoms with E-state index in [1.807, 2.05) is 0 Å². The molecule has 0 saturated heterocycles. The normalized spacial score (nSPS) is 10.3. The molecule has 0 N–H and O–H groups in total. The van der Waals surface area contributed by atoms with E-state index in [4.69, 9.17) is 0 Å². The Balaban J connectivity index is 2.59. The zero-order valence-corrected chi connectivity index (χ0v) is 10.5. The fourth-order valence-electron chi connectivity index (χ4n) is 1.79. The average molecular weight is 261 g/mol. The minimum absolute atomic E-state index is 1.14. The molecule has 0 aliphatic heterocycles. The lowest BCUT2D eigenvalue weighted by Gasteiger charge is -2.07. The first-order valence-electron chi connectivity index (χ1n) is 5.00. The summed E-state index contributed by atoms with van der Waals surface area (Å²) in [5, 5.41) is 0. The summed E-state index contributed by atoms with van der Waals surface area (Å²) in [6.45, 7) is 4.26. The number of rotatable bonds is 1. The molecule has 76 valence electrons. The second kappa shape index (κ2) is 4.19. The van der Waals surface area contributed by atoms with Crippen molar-refractivity contribution in [2.75, 3.05) is 0 Å². The average Bonchev–Trinajstić information content (AvgIpc) is 2.16. The highest BCUT2D eigenvalue weighted by Gasteiger charge is 2.02. The number of halogens is 1. The van der Waals surface area contributed by atoms with Crippen LogP contribution in [-0.2, 0) is 0 Å². The van der Waals surface area contributed by atoms with Crippen LogP contribution in [0.3, 0.4) is 0 Å². The molecule has 1 heteroatoms. The van der Waals surface area contributed by atoms with Gasteiger partial charge in [0.25, 0.3) is 0 Å². The van der Waals surface area contributed by atoms with E-state index in [0.29, 0.717) is 0 Å². The van der Waals surface area contributed by atoms with Gasteiger partial charge in [-0.15, -0.1) is 0 Å². The van der Waals surface area contributed by atoms with E-state index in [1.54, 1.807) is 0 Å². The van der Waals surface area contributed by atoms with E-state index < -0.39 is 0 Å². The van der Waals surface area contributed by atoms with Crippen molar-refractivity contribution < 1.29 is 0 Å². The molecule has 0 aromatic heterocycles. The van der Waals surface area contributed by atoms with Gasteiger partial charge in [0.05, 0.1) is 0 Å². The SMILES string of the molecule is Cc1cc(Br)cc(-c2ccccc2C)c1. The van der Waals surface area contributed by atoms with Crippen molar-refractivity contribution in [3.05, 3.63) is 58.1 Å². The fourth-order valence-corrected chi connectivity index (χ4v) is 2.40. The molecular formula is C14H13Br. The van der Waals surface area contributed by atoms with Crippen LogP contribution in [0.1, 0.15) is 11.1 Å². The number of aryl methyl sites for hydroxylation is 2. The van der Waals surface area contributed by atoms with Crippen molar-refractivity contribution in [2.24, 2.45) is 0 Å². The van der Waals surface area contributed by atoms with Gasteiger partial charge in [0, 0.05) is 4.47 Å². The first kappa shape index (κ1) is 10.4. The maximum Gasteiger partial charge on any atom is 0.0184 e. The lowest BCUT2D eigenvalue weighted by Crippen LogP contribution is -1.84. The quantitative estimate of drug-likeness (QED) is 0.696. The molecule has 2 aromatic carbocycles. The van der Waals surface area contributed by atoms with Crippen molar-refractivity contribution in [1.82, 2.24) is 0 Å². The molecule has 0 atom stereocenters. The third-order valence-corrected chi connectivity index (χ3v) is 2.96. The minimum atomic E-state index is 1.14. The van der Waals surface area contributed by atoms with Gasteiger partial charge in [-0.05, 0) is 48.2 Å². The highest BCUT2D eigenvalue weighted by atomic mass is 79.9. The Bertz CT molecular complexity index is 466. The Hall–Kier alpha value is -1.08. The van der Waals surface area contributed by atoms with Gasteiger partial charge in [0.2, 0.25) is 0 Å². The van der Waals surface area contributed by atoms with Crippen LogP contribution in [0, 0.1) is 13.8 Å². The summed E-state index contributed by atoms with van der Waals surface area (Å²) in [5.41, 5.74) is 5.18. The van der Waals surface area contributed by atoms with Gasteiger partial charge in [0.15, 0.2) is 0 Å². The zero-order chi connectivity index (χ0) is 10.8. The van der Waals surface area contributed by atoms with E-state index in [9.17, 15) is 0 Å². The lowest BCUT2D eigenvalue weighted by atomic mass is 9.99. The van der Waals surface area contributed by atoms with Crippen LogP contribution in [0.5, 0.6) is 0 Å². The van der Waals surface area contributed by atoms with E-state index in [-0.39, 0.29) is 0 Å². The fraction of sp³-hybridized carbons (Fsp3) is 0.143. The molecular weight excluding hydrogens is 248 g/mol. The van der Waals surface area contributed by atoms with Crippen molar-refractivity contribution in [1.29, 1.82) is 0 Å². The summed E-state index contributed by atoms with van der Waals surface area (Å²) in [6, 6.07) is 15.0. The van der Waals surface area contributed by atoms with E-state index in [0.717, 1.165) is 4.47 Å². The van der Waals surface area contributed by atoms with Crippen molar-refractivity contribution in [2.45, 2.75) is 13.8 Å². The molecule has 2 rings (SSSR count). The van der Waals surface area contributed by atoms with Crippen LogP contribution in [0.15, 0.2) is 46.9 Å². The molecule has 0 bridgehead atoms.